The molecule has 5 nitrogen and oxygen atoms in total. The molecule has 0 aromatic carbocycles. The number of methoxy groups -OCH3 is 1. The zero-order valence-corrected chi connectivity index (χ0v) is 17.5. The van der Waals surface area contributed by atoms with Crippen molar-refractivity contribution in [1.82, 2.24) is 4.90 Å². The van der Waals surface area contributed by atoms with E-state index in [1.54, 1.807) is 0 Å². The lowest BCUT2D eigenvalue weighted by Gasteiger charge is -2.21. The van der Waals surface area contributed by atoms with Crippen molar-refractivity contribution in [2.45, 2.75) is 77.4 Å². The molecule has 0 spiro atoms. The van der Waals surface area contributed by atoms with Gasteiger partial charge in [-0.2, -0.15) is 0 Å². The molecule has 0 aromatic rings. The summed E-state index contributed by atoms with van der Waals surface area (Å²) in [5, 5.41) is 10.3. The summed E-state index contributed by atoms with van der Waals surface area (Å²) < 4.78 is 4.61. The van der Waals surface area contributed by atoms with Gasteiger partial charge in [0.15, 0.2) is 0 Å². The molecule has 156 valence electrons. The monoisotopic (exact) mass is 389 g/mol. The van der Waals surface area contributed by atoms with Gasteiger partial charge in [0, 0.05) is 32.2 Å². The third-order valence-corrected chi connectivity index (χ3v) is 4.86. The van der Waals surface area contributed by atoms with Crippen LogP contribution in [0.2, 0.25) is 0 Å². The molecule has 1 amide bonds. The Morgan fingerprint density at radius 2 is 2.18 bits per heavy atom. The molecule has 1 heterocycles. The molecule has 0 bridgehead atoms. The van der Waals surface area contributed by atoms with Crippen molar-refractivity contribution in [3.8, 4) is 11.8 Å². The first-order valence-corrected chi connectivity index (χ1v) is 10.3. The summed E-state index contributed by atoms with van der Waals surface area (Å²) in [6.45, 7) is 4.65. The Bertz CT molecular complexity index is 599. The fraction of sp³-hybridized carbons (Fsp3) is 0.652. The molecule has 5 heteroatoms. The van der Waals surface area contributed by atoms with Gasteiger partial charge in [-0.3, -0.25) is 9.59 Å². The number of ether oxygens (including phenoxy) is 1. The van der Waals surface area contributed by atoms with Crippen molar-refractivity contribution in [2.24, 2.45) is 5.92 Å². The van der Waals surface area contributed by atoms with Crippen molar-refractivity contribution < 1.29 is 19.4 Å². The normalized spacial score (nSPS) is 19.1. The largest absolute Gasteiger partial charge is 0.469 e. The van der Waals surface area contributed by atoms with Gasteiger partial charge in [-0.25, -0.2) is 0 Å². The number of carbonyl (C=O) groups is 2. The molecule has 1 N–H and O–H groups in total. The molecule has 0 saturated carbocycles. The van der Waals surface area contributed by atoms with Gasteiger partial charge in [0.05, 0.1) is 19.3 Å². The van der Waals surface area contributed by atoms with E-state index >= 15 is 0 Å². The third-order valence-electron chi connectivity index (χ3n) is 4.86. The molecular formula is C23H35NO4. The summed E-state index contributed by atoms with van der Waals surface area (Å²) in [6, 6.07) is 0.0280. The molecule has 0 aliphatic carbocycles. The molecular weight excluding hydrogens is 354 g/mol. The fourth-order valence-corrected chi connectivity index (χ4v) is 2.96. The first-order chi connectivity index (χ1) is 13.5. The van der Waals surface area contributed by atoms with E-state index in [1.807, 2.05) is 36.1 Å². The number of amides is 1. The number of nitrogens with zero attached hydrogens (tertiary/aromatic N) is 1. The number of hydrogen-bond acceptors (Lipinski definition) is 4. The van der Waals surface area contributed by atoms with Crippen LogP contribution in [0.4, 0.5) is 0 Å². The Kier molecular flexibility index (Phi) is 12.0. The maximum absolute atomic E-state index is 12.1. The average molecular weight is 390 g/mol. The second-order valence-corrected chi connectivity index (χ2v) is 7.25. The number of allylic oxidation sites excluding steroid dienone is 1. The van der Waals surface area contributed by atoms with E-state index in [0.29, 0.717) is 25.8 Å². The first kappa shape index (κ1) is 24.0. The van der Waals surface area contributed by atoms with Gasteiger partial charge in [-0.05, 0) is 31.6 Å². The lowest BCUT2D eigenvalue weighted by molar-refractivity contribution is -0.140. The van der Waals surface area contributed by atoms with Crippen LogP contribution in [0.15, 0.2) is 24.3 Å². The van der Waals surface area contributed by atoms with E-state index in [2.05, 4.69) is 23.5 Å². The van der Waals surface area contributed by atoms with Gasteiger partial charge in [-0.1, -0.05) is 38.2 Å². The third kappa shape index (κ3) is 9.23. The van der Waals surface area contributed by atoms with Gasteiger partial charge in [0.2, 0.25) is 5.91 Å². The number of likely N-dealkylation sites (tertiary alicyclic amines) is 1. The van der Waals surface area contributed by atoms with Gasteiger partial charge in [-0.15, -0.1) is 11.8 Å². The number of carbonyl (C=O) groups excluding carboxylic acids is 2. The fourth-order valence-electron chi connectivity index (χ4n) is 2.96. The molecule has 1 fully saturated rings. The summed E-state index contributed by atoms with van der Waals surface area (Å²) in [5.41, 5.74) is 0. The van der Waals surface area contributed by atoms with Crippen LogP contribution in [0.1, 0.15) is 65.2 Å². The Labute approximate surface area is 169 Å². The number of esters is 1. The number of unbranched alkanes of at least 4 members (excludes halogenated alkanes) is 2. The summed E-state index contributed by atoms with van der Waals surface area (Å²) in [4.78, 5) is 25.0. The summed E-state index contributed by atoms with van der Waals surface area (Å²) in [6.07, 6.45) is 13.1. The summed E-state index contributed by atoms with van der Waals surface area (Å²) in [5.74, 6) is 6.24. The van der Waals surface area contributed by atoms with Crippen LogP contribution in [0, 0.1) is 17.8 Å². The van der Waals surface area contributed by atoms with Gasteiger partial charge in [0.25, 0.3) is 0 Å². The van der Waals surface area contributed by atoms with Crippen LogP contribution in [-0.4, -0.2) is 47.7 Å². The van der Waals surface area contributed by atoms with Crippen molar-refractivity contribution in [1.29, 1.82) is 0 Å². The first-order valence-electron chi connectivity index (χ1n) is 10.3. The zero-order chi connectivity index (χ0) is 20.8. The summed E-state index contributed by atoms with van der Waals surface area (Å²) in [7, 11) is 1.39. The standard InChI is InChI=1S/C23H35NO4/c1-4-5-6-9-12-19(2)21(25)16-14-20-15-17-22(26)24(20)18-11-8-7-10-13-23(27)28-3/h8,11,14,16,19-21,25H,4-5,7,10,12-13,15,17-18H2,1-3H3/t19-,20-,21-/m0/s1. The molecule has 1 saturated heterocycles. The molecule has 1 aliphatic rings. The number of hydrogen-bond donors (Lipinski definition) is 1. The maximum Gasteiger partial charge on any atom is 0.305 e. The smallest absolute Gasteiger partial charge is 0.305 e. The Balaban J connectivity index is 2.44. The molecule has 1 rings (SSSR count). The summed E-state index contributed by atoms with van der Waals surface area (Å²) >= 11 is 0. The van der Waals surface area contributed by atoms with Crippen LogP contribution >= 0.6 is 0 Å². The zero-order valence-electron chi connectivity index (χ0n) is 17.5. The molecule has 28 heavy (non-hydrogen) atoms. The lowest BCUT2D eigenvalue weighted by Crippen LogP contribution is -2.32. The average Bonchev–Trinajstić information content (AvgIpc) is 3.05. The molecule has 0 aromatic heterocycles. The van der Waals surface area contributed by atoms with E-state index in [0.717, 1.165) is 32.1 Å². The van der Waals surface area contributed by atoms with Crippen LogP contribution in [0.25, 0.3) is 0 Å². The lowest BCUT2D eigenvalue weighted by atomic mass is 10.00. The predicted octanol–water partition coefficient (Wildman–Crippen LogP) is 3.62. The number of aliphatic hydroxyl groups is 1. The van der Waals surface area contributed by atoms with Crippen molar-refractivity contribution in [3.63, 3.8) is 0 Å². The van der Waals surface area contributed by atoms with Crippen molar-refractivity contribution in [3.05, 3.63) is 24.3 Å². The van der Waals surface area contributed by atoms with E-state index < -0.39 is 6.10 Å². The minimum atomic E-state index is -0.553. The van der Waals surface area contributed by atoms with E-state index in [4.69, 9.17) is 0 Å². The van der Waals surface area contributed by atoms with Gasteiger partial charge in [0.1, 0.15) is 0 Å². The Morgan fingerprint density at radius 3 is 2.89 bits per heavy atom. The minimum Gasteiger partial charge on any atom is -0.469 e. The molecule has 0 radical (unpaired) electrons. The highest BCUT2D eigenvalue weighted by molar-refractivity contribution is 5.79. The Hall–Kier alpha value is -2.06. The second-order valence-electron chi connectivity index (χ2n) is 7.25. The highest BCUT2D eigenvalue weighted by atomic mass is 16.5. The molecule has 3 atom stereocenters. The second kappa shape index (κ2) is 14.0. The Morgan fingerprint density at radius 1 is 1.39 bits per heavy atom. The van der Waals surface area contributed by atoms with E-state index in [-0.39, 0.29) is 23.8 Å². The maximum atomic E-state index is 12.1. The van der Waals surface area contributed by atoms with Crippen LogP contribution < -0.4 is 0 Å². The molecule has 0 unspecified atom stereocenters. The van der Waals surface area contributed by atoms with Gasteiger partial charge >= 0.3 is 5.97 Å². The minimum absolute atomic E-state index is 0.0280. The topological polar surface area (TPSA) is 66.8 Å². The number of aliphatic hydroxyl groups excluding tert-OH is 1. The number of rotatable bonds is 11. The van der Waals surface area contributed by atoms with Gasteiger partial charge < -0.3 is 14.7 Å². The SMILES string of the molecule is CCCC#CC[C@H](C)[C@@H](O)C=C[C@H]1CCC(=O)N1CC=CCCCC(=O)OC. The quantitative estimate of drug-likeness (QED) is 0.254. The van der Waals surface area contributed by atoms with E-state index in [1.165, 1.54) is 7.11 Å². The van der Waals surface area contributed by atoms with Crippen LogP contribution in [0.3, 0.4) is 0 Å². The van der Waals surface area contributed by atoms with E-state index in [9.17, 15) is 14.7 Å². The predicted molar refractivity (Wildman–Crippen MR) is 111 cm³/mol. The van der Waals surface area contributed by atoms with Crippen LogP contribution in [-0.2, 0) is 14.3 Å². The van der Waals surface area contributed by atoms with Crippen LogP contribution in [0.5, 0.6) is 0 Å². The highest BCUT2D eigenvalue weighted by Gasteiger charge is 2.28. The molecule has 1 aliphatic heterocycles. The van der Waals surface area contributed by atoms with Crippen molar-refractivity contribution >= 4 is 11.9 Å². The highest BCUT2D eigenvalue weighted by Crippen LogP contribution is 2.21. The van der Waals surface area contributed by atoms with Crippen molar-refractivity contribution in [2.75, 3.05) is 13.7 Å².